The summed E-state index contributed by atoms with van der Waals surface area (Å²) in [7, 11) is 1.94. The molecule has 0 saturated carbocycles. The van der Waals surface area contributed by atoms with Gasteiger partial charge in [0.2, 0.25) is 0 Å². The van der Waals surface area contributed by atoms with Crippen molar-refractivity contribution in [1.82, 2.24) is 5.32 Å². The van der Waals surface area contributed by atoms with Gasteiger partial charge in [0.25, 0.3) is 0 Å². The second-order valence-corrected chi connectivity index (χ2v) is 5.22. The molecule has 0 amide bonds. The Kier molecular flexibility index (Phi) is 3.77. The molecule has 0 fully saturated rings. The summed E-state index contributed by atoms with van der Waals surface area (Å²) < 4.78 is 5.18. The fraction of sp³-hybridized carbons (Fsp3) is 0.176. The van der Waals surface area contributed by atoms with Crippen molar-refractivity contribution in [1.29, 1.82) is 0 Å². The Bertz CT molecular complexity index is 720. The number of hydrogen-bond donors (Lipinski definition) is 1. The molecule has 3 aromatic rings. The number of halogens is 1. The molecule has 2 aromatic carbocycles. The summed E-state index contributed by atoms with van der Waals surface area (Å²) in [6, 6.07) is 17.0. The first-order valence-corrected chi connectivity index (χ1v) is 7.03. The lowest BCUT2D eigenvalue weighted by molar-refractivity contribution is 0.544. The maximum atomic E-state index is 6.07. The minimum Gasteiger partial charge on any atom is -0.453 e. The second kappa shape index (κ2) is 5.70. The average Bonchev–Trinajstić information content (AvgIpc) is 2.91. The molecule has 1 N–H and O–H groups in total. The van der Waals surface area contributed by atoms with Crippen molar-refractivity contribution in [3.05, 3.63) is 71.1 Å². The first-order valence-electron chi connectivity index (χ1n) is 6.66. The number of nitrogens with one attached hydrogen (secondary N) is 1. The summed E-state index contributed by atoms with van der Waals surface area (Å²) in [4.78, 5) is 0. The van der Waals surface area contributed by atoms with Gasteiger partial charge in [-0.05, 0) is 47.5 Å². The third kappa shape index (κ3) is 2.58. The zero-order valence-corrected chi connectivity index (χ0v) is 12.0. The molecule has 2 nitrogen and oxygen atoms in total. The van der Waals surface area contributed by atoms with Crippen LogP contribution in [0, 0.1) is 0 Å². The van der Waals surface area contributed by atoms with Gasteiger partial charge in [0.1, 0.15) is 0 Å². The predicted molar refractivity (Wildman–Crippen MR) is 83.2 cm³/mol. The molecule has 1 unspecified atom stereocenters. The van der Waals surface area contributed by atoms with Crippen molar-refractivity contribution in [2.75, 3.05) is 7.05 Å². The van der Waals surface area contributed by atoms with E-state index in [4.69, 9.17) is 16.0 Å². The molecule has 3 heteroatoms. The van der Waals surface area contributed by atoms with Crippen LogP contribution in [0.1, 0.15) is 17.2 Å². The van der Waals surface area contributed by atoms with E-state index in [0.29, 0.717) is 5.22 Å². The largest absolute Gasteiger partial charge is 0.453 e. The van der Waals surface area contributed by atoms with Crippen LogP contribution in [0.15, 0.2) is 59.2 Å². The summed E-state index contributed by atoms with van der Waals surface area (Å²) in [5.74, 6) is 0. The van der Waals surface area contributed by atoms with E-state index in [1.807, 2.05) is 13.1 Å². The van der Waals surface area contributed by atoms with E-state index in [0.717, 1.165) is 12.0 Å². The van der Waals surface area contributed by atoms with Crippen LogP contribution in [0.4, 0.5) is 0 Å². The molecule has 0 spiro atoms. The van der Waals surface area contributed by atoms with E-state index >= 15 is 0 Å². The van der Waals surface area contributed by atoms with E-state index in [-0.39, 0.29) is 6.04 Å². The third-order valence-corrected chi connectivity index (χ3v) is 3.93. The van der Waals surface area contributed by atoms with E-state index in [1.165, 1.54) is 16.3 Å². The van der Waals surface area contributed by atoms with Crippen molar-refractivity contribution in [3.8, 4) is 0 Å². The third-order valence-electron chi connectivity index (χ3n) is 3.62. The summed E-state index contributed by atoms with van der Waals surface area (Å²) >= 11 is 6.07. The molecule has 20 heavy (non-hydrogen) atoms. The molecular weight excluding hydrogens is 270 g/mol. The first kappa shape index (κ1) is 13.2. The van der Waals surface area contributed by atoms with Gasteiger partial charge >= 0.3 is 0 Å². The molecule has 0 aliphatic heterocycles. The zero-order valence-electron chi connectivity index (χ0n) is 11.3. The van der Waals surface area contributed by atoms with Gasteiger partial charge in [0.15, 0.2) is 5.22 Å². The standard InChI is InChI=1S/C17H16ClNO/c1-19-16(15-8-9-20-17(15)18)11-12-6-7-13-4-2-3-5-14(13)10-12/h2-10,16,19H,11H2,1H3. The SMILES string of the molecule is CNC(Cc1ccc2ccccc2c1)c1ccoc1Cl. The van der Waals surface area contributed by atoms with E-state index in [1.54, 1.807) is 6.26 Å². The van der Waals surface area contributed by atoms with Crippen LogP contribution < -0.4 is 5.32 Å². The van der Waals surface area contributed by atoms with Crippen molar-refractivity contribution in [2.24, 2.45) is 0 Å². The molecule has 0 saturated heterocycles. The molecule has 0 aliphatic carbocycles. The van der Waals surface area contributed by atoms with Gasteiger partial charge in [-0.2, -0.15) is 0 Å². The highest BCUT2D eigenvalue weighted by atomic mass is 35.5. The van der Waals surface area contributed by atoms with Gasteiger partial charge in [-0.25, -0.2) is 0 Å². The van der Waals surface area contributed by atoms with Gasteiger partial charge in [-0.3, -0.25) is 0 Å². The van der Waals surface area contributed by atoms with E-state index in [9.17, 15) is 0 Å². The fourth-order valence-corrected chi connectivity index (χ4v) is 2.77. The van der Waals surface area contributed by atoms with Crippen LogP contribution in [0.5, 0.6) is 0 Å². The second-order valence-electron chi connectivity index (χ2n) is 4.88. The molecule has 0 radical (unpaired) electrons. The number of fused-ring (bicyclic) bond motifs is 1. The van der Waals surface area contributed by atoms with Gasteiger partial charge < -0.3 is 9.73 Å². The molecule has 1 atom stereocenters. The Balaban J connectivity index is 1.89. The highest BCUT2D eigenvalue weighted by Crippen LogP contribution is 2.27. The number of hydrogen-bond acceptors (Lipinski definition) is 2. The molecular formula is C17H16ClNO. The highest BCUT2D eigenvalue weighted by Gasteiger charge is 2.15. The summed E-state index contributed by atoms with van der Waals surface area (Å²) in [6.45, 7) is 0. The minimum absolute atomic E-state index is 0.155. The minimum atomic E-state index is 0.155. The number of likely N-dealkylation sites (N-methyl/N-ethyl adjacent to an activating group) is 1. The monoisotopic (exact) mass is 285 g/mol. The van der Waals surface area contributed by atoms with Crippen LogP contribution in [0.25, 0.3) is 10.8 Å². The summed E-state index contributed by atoms with van der Waals surface area (Å²) in [5, 5.41) is 6.29. The maximum Gasteiger partial charge on any atom is 0.197 e. The van der Waals surface area contributed by atoms with Gasteiger partial charge in [-0.15, -0.1) is 0 Å². The Labute approximate surface area is 123 Å². The van der Waals surface area contributed by atoms with Gasteiger partial charge in [0.05, 0.1) is 6.26 Å². The molecule has 0 bridgehead atoms. The number of benzene rings is 2. The highest BCUT2D eigenvalue weighted by molar-refractivity contribution is 6.29. The van der Waals surface area contributed by atoms with Crippen LogP contribution in [-0.4, -0.2) is 7.05 Å². The number of rotatable bonds is 4. The Hall–Kier alpha value is -1.77. The first-order chi connectivity index (χ1) is 9.78. The van der Waals surface area contributed by atoms with Crippen molar-refractivity contribution in [3.63, 3.8) is 0 Å². The summed E-state index contributed by atoms with van der Waals surface area (Å²) in [6.07, 6.45) is 2.50. The van der Waals surface area contributed by atoms with E-state index < -0.39 is 0 Å². The normalized spacial score (nSPS) is 12.7. The Morgan fingerprint density at radius 1 is 1.10 bits per heavy atom. The lowest BCUT2D eigenvalue weighted by Crippen LogP contribution is -2.18. The lowest BCUT2D eigenvalue weighted by Gasteiger charge is -2.15. The van der Waals surface area contributed by atoms with Crippen LogP contribution in [0.3, 0.4) is 0 Å². The van der Waals surface area contributed by atoms with Crippen LogP contribution in [0.2, 0.25) is 5.22 Å². The van der Waals surface area contributed by atoms with E-state index in [2.05, 4.69) is 47.8 Å². The molecule has 0 aliphatic rings. The predicted octanol–water partition coefficient (Wildman–Crippen LogP) is 4.59. The number of furan rings is 1. The maximum absolute atomic E-state index is 6.07. The smallest absolute Gasteiger partial charge is 0.197 e. The summed E-state index contributed by atoms with van der Waals surface area (Å²) in [5.41, 5.74) is 2.28. The Morgan fingerprint density at radius 3 is 2.60 bits per heavy atom. The van der Waals surface area contributed by atoms with Crippen molar-refractivity contribution < 1.29 is 4.42 Å². The average molecular weight is 286 g/mol. The molecule has 102 valence electrons. The topological polar surface area (TPSA) is 25.2 Å². The molecule has 1 aromatic heterocycles. The van der Waals surface area contributed by atoms with Crippen LogP contribution >= 0.6 is 11.6 Å². The van der Waals surface area contributed by atoms with Crippen molar-refractivity contribution >= 4 is 22.4 Å². The molecule has 3 rings (SSSR count). The molecule has 1 heterocycles. The van der Waals surface area contributed by atoms with Gasteiger partial charge in [0, 0.05) is 11.6 Å². The Morgan fingerprint density at radius 2 is 1.90 bits per heavy atom. The van der Waals surface area contributed by atoms with Crippen molar-refractivity contribution in [2.45, 2.75) is 12.5 Å². The van der Waals surface area contributed by atoms with Gasteiger partial charge in [-0.1, -0.05) is 42.5 Å². The fourth-order valence-electron chi connectivity index (χ4n) is 2.52. The lowest BCUT2D eigenvalue weighted by atomic mass is 9.99. The zero-order chi connectivity index (χ0) is 13.9. The quantitative estimate of drug-likeness (QED) is 0.758. The van der Waals surface area contributed by atoms with Crippen LogP contribution in [-0.2, 0) is 6.42 Å².